The van der Waals surface area contributed by atoms with Gasteiger partial charge in [0, 0.05) is 16.2 Å². The molecule has 6 nitrogen and oxygen atoms in total. The predicted molar refractivity (Wildman–Crippen MR) is 130 cm³/mol. The van der Waals surface area contributed by atoms with Crippen molar-refractivity contribution in [3.63, 3.8) is 0 Å². The average molecular weight is 505 g/mol. The number of rotatable bonds is 7. The first-order valence-electron chi connectivity index (χ1n) is 10.0. The van der Waals surface area contributed by atoms with Gasteiger partial charge in [0.2, 0.25) is 0 Å². The second-order valence-electron chi connectivity index (χ2n) is 7.59. The van der Waals surface area contributed by atoms with E-state index in [9.17, 15) is 4.79 Å². The van der Waals surface area contributed by atoms with Crippen LogP contribution in [0.2, 0.25) is 15.1 Å². The SMILES string of the molecule is Cc1cc(C)cc(OCc2ccc(C(=O)Nc3nn(Cc4ccc(Cl)cc4Cl)cc3Cl)o2)c1. The van der Waals surface area contributed by atoms with Crippen LogP contribution in [0.25, 0.3) is 0 Å². The lowest BCUT2D eigenvalue weighted by molar-refractivity contribution is 0.0992. The van der Waals surface area contributed by atoms with E-state index in [2.05, 4.69) is 16.5 Å². The van der Waals surface area contributed by atoms with Gasteiger partial charge in [-0.1, -0.05) is 46.9 Å². The molecule has 4 rings (SSSR count). The van der Waals surface area contributed by atoms with E-state index in [0.717, 1.165) is 22.4 Å². The Morgan fingerprint density at radius 3 is 2.52 bits per heavy atom. The maximum absolute atomic E-state index is 12.6. The fraction of sp³-hybridized carbons (Fsp3) is 0.167. The Labute approximate surface area is 206 Å². The summed E-state index contributed by atoms with van der Waals surface area (Å²) in [6.45, 7) is 4.58. The van der Waals surface area contributed by atoms with Crippen molar-refractivity contribution in [2.24, 2.45) is 0 Å². The van der Waals surface area contributed by atoms with Gasteiger partial charge in [0.05, 0.1) is 6.54 Å². The number of ether oxygens (including phenoxy) is 1. The molecule has 0 aliphatic carbocycles. The Balaban J connectivity index is 1.39. The standard InChI is InChI=1S/C24H20Cl3N3O3/c1-14-7-15(2)9-19(8-14)32-13-18-5-6-22(33-18)24(31)28-23-21(27)12-30(29-23)11-16-3-4-17(25)10-20(16)26/h3-10,12H,11,13H2,1-2H3,(H,28,29,31). The van der Waals surface area contributed by atoms with Gasteiger partial charge in [0.15, 0.2) is 11.6 Å². The van der Waals surface area contributed by atoms with E-state index in [-0.39, 0.29) is 18.2 Å². The molecule has 0 saturated heterocycles. The first-order valence-corrected chi connectivity index (χ1v) is 11.2. The summed E-state index contributed by atoms with van der Waals surface area (Å²) in [7, 11) is 0. The summed E-state index contributed by atoms with van der Waals surface area (Å²) in [4.78, 5) is 12.6. The zero-order chi connectivity index (χ0) is 23.5. The molecule has 0 atom stereocenters. The van der Waals surface area contributed by atoms with Crippen LogP contribution in [0, 0.1) is 13.8 Å². The molecular weight excluding hydrogens is 485 g/mol. The van der Waals surface area contributed by atoms with Crippen molar-refractivity contribution in [2.75, 3.05) is 5.32 Å². The van der Waals surface area contributed by atoms with Gasteiger partial charge in [0.1, 0.15) is 23.1 Å². The van der Waals surface area contributed by atoms with Crippen LogP contribution in [0.3, 0.4) is 0 Å². The number of furan rings is 1. The van der Waals surface area contributed by atoms with Crippen LogP contribution in [0.4, 0.5) is 5.82 Å². The number of carbonyl (C=O) groups is 1. The lowest BCUT2D eigenvalue weighted by Gasteiger charge is -2.06. The molecule has 0 saturated carbocycles. The number of carbonyl (C=O) groups excluding carboxylic acids is 1. The van der Waals surface area contributed by atoms with Crippen molar-refractivity contribution in [3.05, 3.63) is 98.0 Å². The smallest absolute Gasteiger partial charge is 0.292 e. The molecule has 0 aliphatic heterocycles. The number of hydrogen-bond acceptors (Lipinski definition) is 4. The third-order valence-corrected chi connectivity index (χ3v) is 5.62. The van der Waals surface area contributed by atoms with Crippen molar-refractivity contribution in [1.29, 1.82) is 0 Å². The summed E-state index contributed by atoms with van der Waals surface area (Å²) in [5, 5.41) is 8.35. The summed E-state index contributed by atoms with van der Waals surface area (Å²) in [5.74, 6) is 1.14. The number of aromatic nitrogens is 2. The van der Waals surface area contributed by atoms with Crippen LogP contribution < -0.4 is 10.1 Å². The molecule has 0 bridgehead atoms. The third-order valence-electron chi connectivity index (χ3n) is 4.76. The van der Waals surface area contributed by atoms with E-state index in [1.54, 1.807) is 35.1 Å². The molecule has 0 aliphatic rings. The van der Waals surface area contributed by atoms with Gasteiger partial charge < -0.3 is 14.5 Å². The minimum absolute atomic E-state index is 0.125. The molecular formula is C24H20Cl3N3O3. The maximum atomic E-state index is 12.6. The molecule has 0 radical (unpaired) electrons. The lowest BCUT2D eigenvalue weighted by atomic mass is 10.1. The van der Waals surface area contributed by atoms with E-state index in [4.69, 9.17) is 44.0 Å². The number of hydrogen-bond donors (Lipinski definition) is 1. The second-order valence-corrected chi connectivity index (χ2v) is 8.84. The van der Waals surface area contributed by atoms with Crippen molar-refractivity contribution in [2.45, 2.75) is 27.0 Å². The highest BCUT2D eigenvalue weighted by Crippen LogP contribution is 2.25. The minimum atomic E-state index is -0.468. The maximum Gasteiger partial charge on any atom is 0.292 e. The van der Waals surface area contributed by atoms with E-state index in [1.807, 2.05) is 32.0 Å². The quantitative estimate of drug-likeness (QED) is 0.296. The van der Waals surface area contributed by atoms with E-state index in [0.29, 0.717) is 27.4 Å². The third kappa shape index (κ3) is 5.90. The van der Waals surface area contributed by atoms with Crippen molar-refractivity contribution < 1.29 is 13.9 Å². The van der Waals surface area contributed by atoms with Gasteiger partial charge in [-0.05, 0) is 66.9 Å². The molecule has 170 valence electrons. The van der Waals surface area contributed by atoms with Crippen LogP contribution in [0.15, 0.2) is 59.1 Å². The lowest BCUT2D eigenvalue weighted by Crippen LogP contribution is -2.12. The van der Waals surface area contributed by atoms with Crippen LogP contribution in [0.1, 0.15) is 33.0 Å². The summed E-state index contributed by atoms with van der Waals surface area (Å²) in [5.41, 5.74) is 3.04. The van der Waals surface area contributed by atoms with Gasteiger partial charge in [-0.3, -0.25) is 9.48 Å². The largest absolute Gasteiger partial charge is 0.486 e. The molecule has 4 aromatic rings. The highest BCUT2D eigenvalue weighted by Gasteiger charge is 2.16. The Morgan fingerprint density at radius 1 is 1.03 bits per heavy atom. The monoisotopic (exact) mass is 503 g/mol. The Kier molecular flexibility index (Phi) is 6.98. The second kappa shape index (κ2) is 9.91. The number of halogens is 3. The average Bonchev–Trinajstić information content (AvgIpc) is 3.35. The number of nitrogens with zero attached hydrogens (tertiary/aromatic N) is 2. The molecule has 2 heterocycles. The normalized spacial score (nSPS) is 10.9. The highest BCUT2D eigenvalue weighted by atomic mass is 35.5. The summed E-state index contributed by atoms with van der Waals surface area (Å²) < 4.78 is 13.0. The fourth-order valence-electron chi connectivity index (χ4n) is 3.30. The molecule has 9 heteroatoms. The van der Waals surface area contributed by atoms with E-state index in [1.165, 1.54) is 0 Å². The van der Waals surface area contributed by atoms with Gasteiger partial charge in [0.25, 0.3) is 5.91 Å². The Bertz CT molecular complexity index is 1290. The van der Waals surface area contributed by atoms with Gasteiger partial charge in [-0.2, -0.15) is 5.10 Å². The first-order chi connectivity index (χ1) is 15.8. The molecule has 0 unspecified atom stereocenters. The van der Waals surface area contributed by atoms with E-state index >= 15 is 0 Å². The predicted octanol–water partition coefficient (Wildman–Crippen LogP) is 6.93. The van der Waals surface area contributed by atoms with Gasteiger partial charge in [-0.15, -0.1) is 0 Å². The van der Waals surface area contributed by atoms with E-state index < -0.39 is 5.91 Å². The fourth-order valence-corrected chi connectivity index (χ4v) is 3.97. The van der Waals surface area contributed by atoms with Crippen LogP contribution in [-0.2, 0) is 13.2 Å². The summed E-state index contributed by atoms with van der Waals surface area (Å²) in [6.07, 6.45) is 1.60. The Hall–Kier alpha value is -2.93. The molecule has 0 fully saturated rings. The molecule has 2 aromatic carbocycles. The molecule has 2 aromatic heterocycles. The zero-order valence-corrected chi connectivity index (χ0v) is 20.1. The number of amides is 1. The van der Waals surface area contributed by atoms with Crippen LogP contribution >= 0.6 is 34.8 Å². The molecule has 1 N–H and O–H groups in total. The molecule has 33 heavy (non-hydrogen) atoms. The van der Waals surface area contributed by atoms with Crippen molar-refractivity contribution in [1.82, 2.24) is 9.78 Å². The minimum Gasteiger partial charge on any atom is -0.486 e. The summed E-state index contributed by atoms with van der Waals surface area (Å²) in [6, 6.07) is 14.4. The highest BCUT2D eigenvalue weighted by molar-refractivity contribution is 6.35. The first kappa shape index (κ1) is 23.2. The number of anilines is 1. The van der Waals surface area contributed by atoms with Crippen LogP contribution in [-0.4, -0.2) is 15.7 Å². The number of aryl methyl sites for hydroxylation is 2. The Morgan fingerprint density at radius 2 is 1.79 bits per heavy atom. The molecule has 1 amide bonds. The van der Waals surface area contributed by atoms with Crippen molar-refractivity contribution >= 4 is 46.5 Å². The van der Waals surface area contributed by atoms with Gasteiger partial charge in [-0.25, -0.2) is 0 Å². The van der Waals surface area contributed by atoms with Crippen molar-refractivity contribution in [3.8, 4) is 5.75 Å². The summed E-state index contributed by atoms with van der Waals surface area (Å²) >= 11 is 18.4. The number of benzene rings is 2. The van der Waals surface area contributed by atoms with Crippen LogP contribution in [0.5, 0.6) is 5.75 Å². The molecule has 0 spiro atoms. The topological polar surface area (TPSA) is 69.3 Å². The number of nitrogens with one attached hydrogen (secondary N) is 1. The van der Waals surface area contributed by atoms with Gasteiger partial charge >= 0.3 is 0 Å². The zero-order valence-electron chi connectivity index (χ0n) is 17.9.